The predicted molar refractivity (Wildman–Crippen MR) is 260 cm³/mol. The van der Waals surface area contributed by atoms with Crippen molar-refractivity contribution in [2.24, 2.45) is 5.92 Å². The highest BCUT2D eigenvalue weighted by molar-refractivity contribution is 6.32. The van der Waals surface area contributed by atoms with E-state index in [9.17, 15) is 19.2 Å². The molecule has 3 fully saturated rings. The van der Waals surface area contributed by atoms with E-state index in [2.05, 4.69) is 57.9 Å². The molecule has 4 aliphatic heterocycles. The second-order valence-corrected chi connectivity index (χ2v) is 18.6. The number of carbonyl (C=O) groups excluding carboxylic acids is 4. The summed E-state index contributed by atoms with van der Waals surface area (Å²) in [5.41, 5.74) is 6.78. The molecule has 1 atom stereocenters. The molecule has 3 N–H and O–H groups in total. The van der Waals surface area contributed by atoms with Gasteiger partial charge in [-0.3, -0.25) is 24.3 Å². The minimum absolute atomic E-state index is 0.0515. The molecule has 15 nitrogen and oxygen atoms in total. The van der Waals surface area contributed by atoms with Gasteiger partial charge in [0.2, 0.25) is 0 Å². The molecule has 362 valence electrons. The monoisotopic (exact) mass is 945 g/mol. The lowest BCUT2D eigenvalue weighted by molar-refractivity contribution is -0.141. The Morgan fingerprint density at radius 3 is 2.31 bits per heavy atom. The Morgan fingerprint density at radius 2 is 1.66 bits per heavy atom. The SMILES string of the molecule is CCC.CNC(=O)c1cnc2c(NC)cc(N3CCc4c(CC5CCN(C6CCN(C7CCN(C(=O)c8cc(Cl)c(C)c(N(CCC=O)C(=O)NC)c8)CC7)CC6(F)F)CC5)cccc43)nn12. The van der Waals surface area contributed by atoms with E-state index in [0.717, 1.165) is 55.7 Å². The average molecular weight is 947 g/mol. The fraction of sp³-hybridized carbons (Fsp3) is 0.551. The smallest absolute Gasteiger partial charge is 0.321 e. The first-order valence-electron chi connectivity index (χ1n) is 23.8. The summed E-state index contributed by atoms with van der Waals surface area (Å²) in [4.78, 5) is 63.9. The fourth-order valence-electron chi connectivity index (χ4n) is 10.3. The maximum absolute atomic E-state index is 16.1. The van der Waals surface area contributed by atoms with Crippen LogP contribution in [0.3, 0.4) is 0 Å². The zero-order chi connectivity index (χ0) is 48.0. The van der Waals surface area contributed by atoms with Crippen LogP contribution in [0.2, 0.25) is 5.02 Å². The number of hydrogen-bond acceptors (Lipinski definition) is 10. The van der Waals surface area contributed by atoms with E-state index in [1.807, 2.05) is 22.9 Å². The maximum atomic E-state index is 16.1. The van der Waals surface area contributed by atoms with E-state index in [1.165, 1.54) is 35.7 Å². The molecule has 0 radical (unpaired) electrons. The molecule has 2 aromatic heterocycles. The van der Waals surface area contributed by atoms with Gasteiger partial charge < -0.3 is 30.5 Å². The largest absolute Gasteiger partial charge is 0.385 e. The van der Waals surface area contributed by atoms with Gasteiger partial charge in [0.05, 0.1) is 30.2 Å². The molecule has 3 saturated heterocycles. The summed E-state index contributed by atoms with van der Waals surface area (Å²) in [6.07, 6.45) is 8.67. The molecule has 2 aromatic carbocycles. The van der Waals surface area contributed by atoms with E-state index in [0.29, 0.717) is 91.1 Å². The lowest BCUT2D eigenvalue weighted by Gasteiger charge is -2.48. The van der Waals surface area contributed by atoms with E-state index >= 15 is 8.78 Å². The number of alkyl halides is 2. The number of halogens is 3. The lowest BCUT2D eigenvalue weighted by Crippen LogP contribution is -2.62. The normalized spacial score (nSPS) is 19.1. The number of fused-ring (bicyclic) bond motifs is 2. The minimum atomic E-state index is -2.86. The number of aldehydes is 1. The van der Waals surface area contributed by atoms with Gasteiger partial charge in [-0.25, -0.2) is 23.1 Å². The van der Waals surface area contributed by atoms with Crippen LogP contribution in [-0.4, -0.2) is 145 Å². The molecule has 0 saturated carbocycles. The van der Waals surface area contributed by atoms with Crippen LogP contribution in [0.5, 0.6) is 0 Å². The van der Waals surface area contributed by atoms with Crippen molar-refractivity contribution in [3.8, 4) is 0 Å². The minimum Gasteiger partial charge on any atom is -0.385 e. The lowest BCUT2D eigenvalue weighted by atomic mass is 9.86. The second-order valence-electron chi connectivity index (χ2n) is 18.2. The number of nitrogens with zero attached hydrogens (tertiary/aromatic N) is 8. The van der Waals surface area contributed by atoms with Crippen LogP contribution in [-0.2, 0) is 17.6 Å². The van der Waals surface area contributed by atoms with Crippen LogP contribution in [0.15, 0.2) is 42.6 Å². The molecular formula is C49H66ClF2N11O4. The summed E-state index contributed by atoms with van der Waals surface area (Å²) < 4.78 is 33.9. The maximum Gasteiger partial charge on any atom is 0.321 e. The first-order valence-corrected chi connectivity index (χ1v) is 24.2. The summed E-state index contributed by atoms with van der Waals surface area (Å²) in [6.45, 7) is 9.32. The van der Waals surface area contributed by atoms with Gasteiger partial charge in [0.25, 0.3) is 17.7 Å². The molecule has 0 spiro atoms. The molecule has 0 bridgehead atoms. The third-order valence-corrected chi connectivity index (χ3v) is 14.2. The van der Waals surface area contributed by atoms with E-state index < -0.39 is 18.0 Å². The third kappa shape index (κ3) is 10.5. The van der Waals surface area contributed by atoms with Crippen LogP contribution >= 0.6 is 11.6 Å². The third-order valence-electron chi connectivity index (χ3n) is 13.8. The average Bonchev–Trinajstić information content (AvgIpc) is 3.98. The molecule has 4 aliphatic rings. The number of benzene rings is 2. The molecule has 4 amide bonds. The number of rotatable bonds is 12. The van der Waals surface area contributed by atoms with Gasteiger partial charge in [-0.1, -0.05) is 44.0 Å². The van der Waals surface area contributed by atoms with Crippen LogP contribution < -0.4 is 25.8 Å². The van der Waals surface area contributed by atoms with E-state index in [-0.39, 0.29) is 37.4 Å². The predicted octanol–water partition coefficient (Wildman–Crippen LogP) is 7.21. The van der Waals surface area contributed by atoms with Gasteiger partial charge in [-0.05, 0) is 106 Å². The molecular weight excluding hydrogens is 880 g/mol. The highest BCUT2D eigenvalue weighted by atomic mass is 35.5. The van der Waals surface area contributed by atoms with E-state index in [1.54, 1.807) is 35.5 Å². The molecule has 0 aliphatic carbocycles. The van der Waals surface area contributed by atoms with Gasteiger partial charge in [-0.2, -0.15) is 0 Å². The Kier molecular flexibility index (Phi) is 16.0. The van der Waals surface area contributed by atoms with Crippen LogP contribution in [0, 0.1) is 12.8 Å². The number of nitrogens with one attached hydrogen (secondary N) is 3. The van der Waals surface area contributed by atoms with Crippen molar-refractivity contribution >= 4 is 64.3 Å². The van der Waals surface area contributed by atoms with Gasteiger partial charge in [0.1, 0.15) is 6.29 Å². The Bertz CT molecular complexity index is 2420. The number of aromatic nitrogens is 3. The zero-order valence-electron chi connectivity index (χ0n) is 39.7. The second kappa shape index (κ2) is 21.7. The summed E-state index contributed by atoms with van der Waals surface area (Å²) >= 11 is 6.56. The first kappa shape index (κ1) is 49.5. The fourth-order valence-corrected chi connectivity index (χ4v) is 10.5. The summed E-state index contributed by atoms with van der Waals surface area (Å²) in [6, 6.07) is 10.3. The highest BCUT2D eigenvalue weighted by Gasteiger charge is 2.49. The van der Waals surface area contributed by atoms with Crippen molar-refractivity contribution in [1.82, 2.24) is 39.9 Å². The number of imidazole rings is 1. The van der Waals surface area contributed by atoms with Crippen molar-refractivity contribution < 1.29 is 28.0 Å². The highest BCUT2D eigenvalue weighted by Crippen LogP contribution is 2.40. The molecule has 67 heavy (non-hydrogen) atoms. The number of anilines is 4. The van der Waals surface area contributed by atoms with Gasteiger partial charge >= 0.3 is 6.03 Å². The van der Waals surface area contributed by atoms with Crippen LogP contribution in [0.4, 0.5) is 36.5 Å². The molecule has 4 aromatic rings. The van der Waals surface area contributed by atoms with Crippen molar-refractivity contribution in [3.63, 3.8) is 0 Å². The Balaban J connectivity index is 0.00000216. The Hall–Kier alpha value is -5.39. The van der Waals surface area contributed by atoms with Crippen LogP contribution in [0.1, 0.15) is 96.3 Å². The quantitative estimate of drug-likeness (QED) is 0.125. The van der Waals surface area contributed by atoms with Crippen molar-refractivity contribution in [2.75, 3.05) is 88.6 Å². The van der Waals surface area contributed by atoms with Gasteiger partial charge in [-0.15, -0.1) is 5.10 Å². The summed E-state index contributed by atoms with van der Waals surface area (Å²) in [7, 11) is 4.90. The topological polar surface area (TPSA) is 151 Å². The number of piperidine rings is 3. The molecule has 6 heterocycles. The van der Waals surface area contributed by atoms with Crippen molar-refractivity contribution in [3.05, 3.63) is 75.6 Å². The number of likely N-dealkylation sites (tertiary alicyclic amines) is 3. The molecule has 8 rings (SSSR count). The van der Waals surface area contributed by atoms with Gasteiger partial charge in [0, 0.05) is 88.7 Å². The first-order chi connectivity index (χ1) is 32.3. The Labute approximate surface area is 397 Å². The molecule has 18 heteroatoms. The van der Waals surface area contributed by atoms with E-state index in [4.69, 9.17) is 16.7 Å². The van der Waals surface area contributed by atoms with Gasteiger partial charge in [0.15, 0.2) is 17.2 Å². The number of carbonyl (C=O) groups is 4. The summed E-state index contributed by atoms with van der Waals surface area (Å²) in [5, 5.41) is 13.6. The standard InChI is InChI=1S/C46H58ClF2N11O4.C3H8/c1-29-35(47)24-32(25-38(29)59(15-6-22-61)45(64)52-4)44(63)56-18-11-33(12-19-56)57-20-14-40(46(48,49)28-57)55-16-9-30(10-17-55)23-31-7-5-8-37-34(31)13-21-58(37)41-26-36(50-2)42-53-27-39(43(62)51-3)60(42)54-41;1-3-2/h5,7-8,22,24-27,30,33,40,50H,6,9-21,23,28H2,1-4H3,(H,51,62)(H,52,64);3H2,1-2H3. The number of hydrogen-bond donors (Lipinski definition) is 3. The zero-order valence-corrected chi connectivity index (χ0v) is 40.5. The van der Waals surface area contributed by atoms with Crippen molar-refractivity contribution in [1.29, 1.82) is 0 Å². The number of amides is 4. The number of urea groups is 1. The van der Waals surface area contributed by atoms with Crippen LogP contribution in [0.25, 0.3) is 5.65 Å². The summed E-state index contributed by atoms with van der Waals surface area (Å²) in [5.74, 6) is -2.25. The Morgan fingerprint density at radius 1 is 0.940 bits per heavy atom. The molecule has 1 unspecified atom stereocenters. The van der Waals surface area contributed by atoms with Crippen molar-refractivity contribution in [2.45, 2.75) is 96.6 Å².